The van der Waals surface area contributed by atoms with Crippen molar-refractivity contribution in [2.75, 3.05) is 13.1 Å². The molecular weight excluding hydrogens is 214 g/mol. The molecule has 1 saturated heterocycles. The van der Waals surface area contributed by atoms with Gasteiger partial charge in [-0.25, -0.2) is 0 Å². The van der Waals surface area contributed by atoms with Crippen LogP contribution in [0.15, 0.2) is 0 Å². The third kappa shape index (κ3) is 3.96. The first-order valence-electron chi connectivity index (χ1n) is 6.75. The van der Waals surface area contributed by atoms with Gasteiger partial charge in [-0.2, -0.15) is 0 Å². The molecule has 0 aromatic carbocycles. The van der Waals surface area contributed by atoms with Gasteiger partial charge in [-0.15, -0.1) is 0 Å². The fraction of sp³-hybridized carbons (Fsp3) is 0.923. The van der Waals surface area contributed by atoms with E-state index in [9.17, 15) is 4.79 Å². The zero-order valence-electron chi connectivity index (χ0n) is 11.6. The molecule has 1 fully saturated rings. The molecule has 0 aliphatic carbocycles. The molecule has 4 unspecified atom stereocenters. The van der Waals surface area contributed by atoms with Crippen molar-refractivity contribution in [1.82, 2.24) is 10.2 Å². The molecule has 17 heavy (non-hydrogen) atoms. The highest BCUT2D eigenvalue weighted by Crippen LogP contribution is 2.20. The maximum absolute atomic E-state index is 12.0. The largest absolute Gasteiger partial charge is 0.352 e. The number of nitrogens with zero attached hydrogens (tertiary/aromatic N) is 1. The van der Waals surface area contributed by atoms with Crippen LogP contribution < -0.4 is 11.1 Å². The second-order valence-electron chi connectivity index (χ2n) is 5.40. The number of rotatable bonds is 5. The number of carbonyl (C=O) groups is 1. The van der Waals surface area contributed by atoms with E-state index < -0.39 is 0 Å². The van der Waals surface area contributed by atoms with E-state index in [1.54, 1.807) is 0 Å². The predicted molar refractivity (Wildman–Crippen MR) is 70.7 cm³/mol. The first-order chi connectivity index (χ1) is 7.95. The summed E-state index contributed by atoms with van der Waals surface area (Å²) in [5, 5.41) is 3.04. The lowest BCUT2D eigenvalue weighted by molar-refractivity contribution is -0.126. The van der Waals surface area contributed by atoms with Crippen LogP contribution in [-0.2, 0) is 4.79 Å². The van der Waals surface area contributed by atoms with E-state index in [0.29, 0.717) is 5.92 Å². The Morgan fingerprint density at radius 1 is 1.47 bits per heavy atom. The van der Waals surface area contributed by atoms with Gasteiger partial charge in [0.2, 0.25) is 5.91 Å². The Labute approximate surface area is 105 Å². The number of amides is 1. The summed E-state index contributed by atoms with van der Waals surface area (Å²) in [7, 11) is 0. The van der Waals surface area contributed by atoms with Gasteiger partial charge in [0.15, 0.2) is 0 Å². The van der Waals surface area contributed by atoms with Crippen LogP contribution in [0.5, 0.6) is 0 Å². The van der Waals surface area contributed by atoms with E-state index in [1.165, 1.54) is 0 Å². The lowest BCUT2D eigenvalue weighted by atomic mass is 10.0. The van der Waals surface area contributed by atoms with Crippen molar-refractivity contribution >= 4 is 5.91 Å². The monoisotopic (exact) mass is 241 g/mol. The van der Waals surface area contributed by atoms with Crippen LogP contribution >= 0.6 is 0 Å². The Morgan fingerprint density at radius 2 is 2.12 bits per heavy atom. The fourth-order valence-electron chi connectivity index (χ4n) is 2.23. The molecule has 0 saturated carbocycles. The molecule has 100 valence electrons. The first kappa shape index (κ1) is 14.5. The predicted octanol–water partition coefficient (Wildman–Crippen LogP) is 0.959. The summed E-state index contributed by atoms with van der Waals surface area (Å²) in [5.74, 6) is 0.679. The SMILES string of the molecule is CCC(C)NC(=O)C(C)N1CCC(C(C)N)C1. The van der Waals surface area contributed by atoms with Gasteiger partial charge in [0.05, 0.1) is 6.04 Å². The number of hydrogen-bond donors (Lipinski definition) is 2. The molecule has 1 rings (SSSR count). The number of hydrogen-bond acceptors (Lipinski definition) is 3. The minimum absolute atomic E-state index is 0.0345. The van der Waals surface area contributed by atoms with Crippen molar-refractivity contribution in [1.29, 1.82) is 0 Å². The van der Waals surface area contributed by atoms with Crippen molar-refractivity contribution in [3.8, 4) is 0 Å². The summed E-state index contributed by atoms with van der Waals surface area (Å²) in [6.45, 7) is 10.1. The van der Waals surface area contributed by atoms with Crippen LogP contribution in [0.1, 0.15) is 40.5 Å². The second-order valence-corrected chi connectivity index (χ2v) is 5.40. The van der Waals surface area contributed by atoms with Gasteiger partial charge in [0.25, 0.3) is 0 Å². The molecule has 0 spiro atoms. The molecule has 0 bridgehead atoms. The fourth-order valence-corrected chi connectivity index (χ4v) is 2.23. The van der Waals surface area contributed by atoms with E-state index in [1.807, 2.05) is 13.8 Å². The maximum Gasteiger partial charge on any atom is 0.237 e. The Kier molecular flexibility index (Phi) is 5.40. The van der Waals surface area contributed by atoms with Crippen molar-refractivity contribution < 1.29 is 4.79 Å². The van der Waals surface area contributed by atoms with Gasteiger partial charge >= 0.3 is 0 Å². The number of nitrogens with two attached hydrogens (primary N) is 1. The average Bonchev–Trinajstić information content (AvgIpc) is 2.77. The second kappa shape index (κ2) is 6.36. The Bertz CT molecular complexity index is 255. The minimum atomic E-state index is -0.0345. The van der Waals surface area contributed by atoms with Crippen molar-refractivity contribution in [2.24, 2.45) is 11.7 Å². The van der Waals surface area contributed by atoms with E-state index in [0.717, 1.165) is 25.9 Å². The molecule has 1 aliphatic heterocycles. The highest BCUT2D eigenvalue weighted by molar-refractivity contribution is 5.81. The quantitative estimate of drug-likeness (QED) is 0.754. The summed E-state index contributed by atoms with van der Waals surface area (Å²) >= 11 is 0. The normalized spacial score (nSPS) is 26.5. The van der Waals surface area contributed by atoms with Crippen LogP contribution in [0.3, 0.4) is 0 Å². The molecule has 1 heterocycles. The maximum atomic E-state index is 12.0. The molecule has 4 heteroatoms. The summed E-state index contributed by atoms with van der Waals surface area (Å²) in [5.41, 5.74) is 5.91. The highest BCUT2D eigenvalue weighted by Gasteiger charge is 2.31. The van der Waals surface area contributed by atoms with Gasteiger partial charge < -0.3 is 11.1 Å². The topological polar surface area (TPSA) is 58.4 Å². The molecule has 1 aliphatic rings. The standard InChI is InChI=1S/C13H27N3O/c1-5-9(2)15-13(17)11(4)16-7-6-12(8-16)10(3)14/h9-12H,5-8,14H2,1-4H3,(H,15,17). The number of likely N-dealkylation sites (tertiary alicyclic amines) is 1. The van der Waals surface area contributed by atoms with Gasteiger partial charge in [-0.1, -0.05) is 6.92 Å². The van der Waals surface area contributed by atoms with Crippen LogP contribution in [0.4, 0.5) is 0 Å². The zero-order valence-corrected chi connectivity index (χ0v) is 11.6. The van der Waals surface area contributed by atoms with E-state index in [2.05, 4.69) is 24.1 Å². The molecule has 0 aromatic rings. The summed E-state index contributed by atoms with van der Waals surface area (Å²) in [4.78, 5) is 14.2. The first-order valence-corrected chi connectivity index (χ1v) is 6.75. The van der Waals surface area contributed by atoms with Gasteiger partial charge in [0.1, 0.15) is 0 Å². The summed E-state index contributed by atoms with van der Waals surface area (Å²) in [6.07, 6.45) is 2.08. The minimum Gasteiger partial charge on any atom is -0.352 e. The van der Waals surface area contributed by atoms with Crippen LogP contribution in [0.2, 0.25) is 0 Å². The third-order valence-corrected chi connectivity index (χ3v) is 3.93. The third-order valence-electron chi connectivity index (χ3n) is 3.93. The average molecular weight is 241 g/mol. The number of carbonyl (C=O) groups excluding carboxylic acids is 1. The summed E-state index contributed by atoms with van der Waals surface area (Å²) < 4.78 is 0. The smallest absolute Gasteiger partial charge is 0.237 e. The Balaban J connectivity index is 2.43. The Hall–Kier alpha value is -0.610. The lowest BCUT2D eigenvalue weighted by Gasteiger charge is -2.25. The van der Waals surface area contributed by atoms with Gasteiger partial charge in [-0.05, 0) is 46.1 Å². The van der Waals surface area contributed by atoms with Gasteiger partial charge in [-0.3, -0.25) is 9.69 Å². The van der Waals surface area contributed by atoms with Crippen LogP contribution in [0, 0.1) is 5.92 Å². The molecule has 0 aromatic heterocycles. The molecule has 1 amide bonds. The molecule has 0 radical (unpaired) electrons. The molecule has 4 atom stereocenters. The van der Waals surface area contributed by atoms with Crippen molar-refractivity contribution in [2.45, 2.75) is 58.7 Å². The Morgan fingerprint density at radius 3 is 2.59 bits per heavy atom. The van der Waals surface area contributed by atoms with E-state index in [4.69, 9.17) is 5.73 Å². The highest BCUT2D eigenvalue weighted by atomic mass is 16.2. The lowest BCUT2D eigenvalue weighted by Crippen LogP contribution is -2.47. The van der Waals surface area contributed by atoms with E-state index in [-0.39, 0.29) is 24.0 Å². The molecule has 3 N–H and O–H groups in total. The number of nitrogens with one attached hydrogen (secondary N) is 1. The van der Waals surface area contributed by atoms with Crippen LogP contribution in [0.25, 0.3) is 0 Å². The van der Waals surface area contributed by atoms with Crippen molar-refractivity contribution in [3.63, 3.8) is 0 Å². The summed E-state index contributed by atoms with van der Waals surface area (Å²) in [6, 6.07) is 0.453. The molecular formula is C13H27N3O. The van der Waals surface area contributed by atoms with Crippen molar-refractivity contribution in [3.05, 3.63) is 0 Å². The van der Waals surface area contributed by atoms with Crippen LogP contribution in [-0.4, -0.2) is 42.0 Å². The zero-order chi connectivity index (χ0) is 13.0. The molecule has 4 nitrogen and oxygen atoms in total. The van der Waals surface area contributed by atoms with Gasteiger partial charge in [0, 0.05) is 18.6 Å². The van der Waals surface area contributed by atoms with E-state index >= 15 is 0 Å².